The van der Waals surface area contributed by atoms with Crippen molar-refractivity contribution in [2.24, 2.45) is 5.73 Å². The topological polar surface area (TPSA) is 56.7 Å². The Kier molecular flexibility index (Phi) is 4.07. The molecule has 0 unspecified atom stereocenters. The average molecular weight is 278 g/mol. The van der Waals surface area contributed by atoms with E-state index >= 15 is 0 Å². The lowest BCUT2D eigenvalue weighted by Gasteiger charge is -2.01. The molecule has 2 aromatic carbocycles. The Labute approximate surface area is 124 Å². The lowest BCUT2D eigenvalue weighted by molar-refractivity contribution is 0.650. The molecule has 3 rings (SSSR count). The van der Waals surface area contributed by atoms with E-state index in [2.05, 4.69) is 46.7 Å². The molecule has 3 aromatic rings. The van der Waals surface area contributed by atoms with Crippen molar-refractivity contribution in [3.8, 4) is 11.3 Å². The first kappa shape index (κ1) is 13.5. The van der Waals surface area contributed by atoms with Gasteiger partial charge in [0.05, 0.1) is 12.7 Å². The number of aromatic nitrogens is 3. The first-order chi connectivity index (χ1) is 10.3. The Hall–Kier alpha value is -2.46. The van der Waals surface area contributed by atoms with Crippen molar-refractivity contribution in [2.45, 2.75) is 13.0 Å². The summed E-state index contributed by atoms with van der Waals surface area (Å²) >= 11 is 0. The van der Waals surface area contributed by atoms with Gasteiger partial charge in [-0.15, -0.1) is 5.10 Å². The summed E-state index contributed by atoms with van der Waals surface area (Å²) in [5.41, 5.74) is 10.00. The molecule has 21 heavy (non-hydrogen) atoms. The summed E-state index contributed by atoms with van der Waals surface area (Å²) in [6.07, 6.45) is 2.88. The SMILES string of the molecule is NCCc1ccc(-c2cn(Cc3ccccc3)nn2)cc1. The van der Waals surface area contributed by atoms with Crippen molar-refractivity contribution in [3.05, 3.63) is 71.9 Å². The highest BCUT2D eigenvalue weighted by Crippen LogP contribution is 2.17. The van der Waals surface area contributed by atoms with E-state index in [0.29, 0.717) is 6.54 Å². The minimum atomic E-state index is 0.673. The maximum atomic E-state index is 5.56. The highest BCUT2D eigenvalue weighted by atomic mass is 15.4. The lowest BCUT2D eigenvalue weighted by atomic mass is 10.1. The number of benzene rings is 2. The van der Waals surface area contributed by atoms with Crippen LogP contribution in [0, 0.1) is 0 Å². The third-order valence-electron chi connectivity index (χ3n) is 3.41. The molecule has 0 fully saturated rings. The Morgan fingerprint density at radius 2 is 1.67 bits per heavy atom. The van der Waals surface area contributed by atoms with Crippen molar-refractivity contribution in [1.82, 2.24) is 15.0 Å². The van der Waals surface area contributed by atoms with E-state index in [0.717, 1.165) is 24.2 Å². The molecule has 4 nitrogen and oxygen atoms in total. The standard InChI is InChI=1S/C17H18N4/c18-11-10-14-6-8-16(9-7-14)17-13-21(20-19-17)12-15-4-2-1-3-5-15/h1-9,13H,10-12,18H2. The Bertz CT molecular complexity index is 686. The van der Waals surface area contributed by atoms with Crippen LogP contribution in [0.25, 0.3) is 11.3 Å². The molecule has 0 saturated carbocycles. The monoisotopic (exact) mass is 278 g/mol. The van der Waals surface area contributed by atoms with Gasteiger partial charge in [0.15, 0.2) is 0 Å². The molecular weight excluding hydrogens is 260 g/mol. The second-order valence-electron chi connectivity index (χ2n) is 5.02. The quantitative estimate of drug-likeness (QED) is 0.780. The summed E-state index contributed by atoms with van der Waals surface area (Å²) in [5, 5.41) is 8.44. The van der Waals surface area contributed by atoms with Crippen molar-refractivity contribution in [2.75, 3.05) is 6.54 Å². The maximum Gasteiger partial charge on any atom is 0.113 e. The van der Waals surface area contributed by atoms with Crippen LogP contribution in [-0.2, 0) is 13.0 Å². The molecule has 106 valence electrons. The van der Waals surface area contributed by atoms with Gasteiger partial charge >= 0.3 is 0 Å². The minimum absolute atomic E-state index is 0.673. The predicted octanol–water partition coefficient (Wildman–Crippen LogP) is 2.49. The summed E-state index contributed by atoms with van der Waals surface area (Å²) < 4.78 is 1.86. The second kappa shape index (κ2) is 6.33. The van der Waals surface area contributed by atoms with E-state index in [4.69, 9.17) is 5.73 Å². The fraction of sp³-hybridized carbons (Fsp3) is 0.176. The van der Waals surface area contributed by atoms with Crippen LogP contribution in [0.4, 0.5) is 0 Å². The van der Waals surface area contributed by atoms with Crippen molar-refractivity contribution < 1.29 is 0 Å². The van der Waals surface area contributed by atoms with Crippen LogP contribution >= 0.6 is 0 Å². The molecular formula is C17H18N4. The third kappa shape index (κ3) is 3.35. The maximum absolute atomic E-state index is 5.56. The third-order valence-corrected chi connectivity index (χ3v) is 3.41. The largest absolute Gasteiger partial charge is 0.330 e. The molecule has 0 amide bonds. The molecule has 0 atom stereocenters. The molecule has 0 spiro atoms. The van der Waals surface area contributed by atoms with E-state index in [1.54, 1.807) is 0 Å². The summed E-state index contributed by atoms with van der Waals surface area (Å²) in [4.78, 5) is 0. The van der Waals surface area contributed by atoms with E-state index in [-0.39, 0.29) is 0 Å². The number of hydrogen-bond donors (Lipinski definition) is 1. The van der Waals surface area contributed by atoms with Gasteiger partial charge in [-0.05, 0) is 24.1 Å². The number of nitrogens with zero attached hydrogens (tertiary/aromatic N) is 3. The molecule has 0 radical (unpaired) electrons. The van der Waals surface area contributed by atoms with Gasteiger partial charge in [0.1, 0.15) is 5.69 Å². The molecule has 1 aromatic heterocycles. The van der Waals surface area contributed by atoms with Crippen LogP contribution in [0.1, 0.15) is 11.1 Å². The summed E-state index contributed by atoms with van der Waals surface area (Å²) in [5.74, 6) is 0. The summed E-state index contributed by atoms with van der Waals surface area (Å²) in [6, 6.07) is 18.6. The van der Waals surface area contributed by atoms with Gasteiger partial charge < -0.3 is 5.73 Å². The lowest BCUT2D eigenvalue weighted by Crippen LogP contribution is -2.02. The van der Waals surface area contributed by atoms with Crippen LogP contribution in [-0.4, -0.2) is 21.5 Å². The highest BCUT2D eigenvalue weighted by molar-refractivity contribution is 5.58. The number of nitrogens with two attached hydrogens (primary N) is 1. The van der Waals surface area contributed by atoms with Gasteiger partial charge in [0.25, 0.3) is 0 Å². The summed E-state index contributed by atoms with van der Waals surface area (Å²) in [7, 11) is 0. The number of rotatable bonds is 5. The molecule has 0 aliphatic heterocycles. The fourth-order valence-electron chi connectivity index (χ4n) is 2.29. The molecule has 0 bridgehead atoms. The molecule has 0 saturated heterocycles. The molecule has 4 heteroatoms. The van der Waals surface area contributed by atoms with Gasteiger partial charge in [0, 0.05) is 5.56 Å². The van der Waals surface area contributed by atoms with Crippen LogP contribution in [0.15, 0.2) is 60.8 Å². The van der Waals surface area contributed by atoms with Gasteiger partial charge in [-0.1, -0.05) is 59.8 Å². The summed E-state index contributed by atoms with van der Waals surface area (Å²) in [6.45, 7) is 1.41. The fourth-order valence-corrected chi connectivity index (χ4v) is 2.29. The zero-order valence-electron chi connectivity index (χ0n) is 11.8. The van der Waals surface area contributed by atoms with Crippen molar-refractivity contribution in [3.63, 3.8) is 0 Å². The van der Waals surface area contributed by atoms with Crippen molar-refractivity contribution in [1.29, 1.82) is 0 Å². The zero-order chi connectivity index (χ0) is 14.5. The Morgan fingerprint density at radius 3 is 2.38 bits per heavy atom. The Balaban J connectivity index is 1.75. The number of hydrogen-bond acceptors (Lipinski definition) is 3. The molecule has 1 heterocycles. The van der Waals surface area contributed by atoms with E-state index in [9.17, 15) is 0 Å². The molecule has 0 aliphatic carbocycles. The molecule has 2 N–H and O–H groups in total. The highest BCUT2D eigenvalue weighted by Gasteiger charge is 2.04. The van der Waals surface area contributed by atoms with Gasteiger partial charge in [-0.3, -0.25) is 0 Å². The van der Waals surface area contributed by atoms with E-state index in [1.807, 2.05) is 29.1 Å². The first-order valence-corrected chi connectivity index (χ1v) is 7.08. The first-order valence-electron chi connectivity index (χ1n) is 7.08. The van der Waals surface area contributed by atoms with Crippen LogP contribution in [0.5, 0.6) is 0 Å². The van der Waals surface area contributed by atoms with Crippen LogP contribution < -0.4 is 5.73 Å². The van der Waals surface area contributed by atoms with Gasteiger partial charge in [0.2, 0.25) is 0 Å². The smallest absolute Gasteiger partial charge is 0.113 e. The second-order valence-corrected chi connectivity index (χ2v) is 5.02. The molecule has 0 aliphatic rings. The predicted molar refractivity (Wildman–Crippen MR) is 83.8 cm³/mol. The van der Waals surface area contributed by atoms with Crippen LogP contribution in [0.3, 0.4) is 0 Å². The normalized spacial score (nSPS) is 10.7. The van der Waals surface area contributed by atoms with Gasteiger partial charge in [-0.25, -0.2) is 4.68 Å². The van der Waals surface area contributed by atoms with Crippen molar-refractivity contribution >= 4 is 0 Å². The van der Waals surface area contributed by atoms with Gasteiger partial charge in [-0.2, -0.15) is 0 Å². The van der Waals surface area contributed by atoms with Crippen LogP contribution in [0.2, 0.25) is 0 Å². The van der Waals surface area contributed by atoms with E-state index in [1.165, 1.54) is 11.1 Å². The average Bonchev–Trinajstić information content (AvgIpc) is 2.98. The zero-order valence-corrected chi connectivity index (χ0v) is 11.8. The van der Waals surface area contributed by atoms with E-state index < -0.39 is 0 Å². The minimum Gasteiger partial charge on any atom is -0.330 e. The Morgan fingerprint density at radius 1 is 0.905 bits per heavy atom.